The number of piperazine rings is 1. The van der Waals surface area contributed by atoms with Crippen LogP contribution in [0.4, 0.5) is 5.69 Å². The lowest BCUT2D eigenvalue weighted by molar-refractivity contribution is -0.384. The van der Waals surface area contributed by atoms with Gasteiger partial charge in [0, 0.05) is 44.7 Å². The van der Waals surface area contributed by atoms with Crippen LogP contribution in [0, 0.1) is 10.1 Å². The Hall–Kier alpha value is -2.56. The summed E-state index contributed by atoms with van der Waals surface area (Å²) in [4.78, 5) is 21.1. The molecule has 3 aromatic rings. The summed E-state index contributed by atoms with van der Waals surface area (Å²) in [6, 6.07) is 6.37. The number of aromatic hydroxyl groups is 1. The van der Waals surface area contributed by atoms with Crippen molar-refractivity contribution in [1.29, 1.82) is 0 Å². The Morgan fingerprint density at radius 1 is 1.25 bits per heavy atom. The molecule has 0 bridgehead atoms. The van der Waals surface area contributed by atoms with Gasteiger partial charge in [-0.2, -0.15) is 4.52 Å². The van der Waals surface area contributed by atoms with E-state index in [1.807, 2.05) is 6.92 Å². The minimum atomic E-state index is -0.401. The zero-order chi connectivity index (χ0) is 19.8. The third kappa shape index (κ3) is 3.34. The van der Waals surface area contributed by atoms with Gasteiger partial charge >= 0.3 is 0 Å². The standard InChI is InChI=1S/C18H22N6O3S/c1-3-14-19-18-23(20-14)17(25)16(28-18)15(22-10-8-21(2)9-11-22)12-4-6-13(7-5-12)24(26)27/h4-7,15,25H,3,8-11H2,1-2H3/t15-/m1/s1. The molecule has 0 radical (unpaired) electrons. The van der Waals surface area contributed by atoms with Gasteiger partial charge in [-0.1, -0.05) is 30.4 Å². The number of hydrogen-bond donors (Lipinski definition) is 1. The van der Waals surface area contributed by atoms with E-state index in [9.17, 15) is 15.2 Å². The van der Waals surface area contributed by atoms with Crippen LogP contribution >= 0.6 is 11.3 Å². The Kier molecular flexibility index (Phi) is 5.00. The van der Waals surface area contributed by atoms with Gasteiger partial charge in [0.05, 0.1) is 15.8 Å². The number of benzene rings is 1. The highest BCUT2D eigenvalue weighted by Gasteiger charge is 2.31. The number of nitro benzene ring substituents is 1. The largest absolute Gasteiger partial charge is 0.492 e. The molecule has 10 heteroatoms. The van der Waals surface area contributed by atoms with Crippen molar-refractivity contribution in [1.82, 2.24) is 24.4 Å². The van der Waals surface area contributed by atoms with E-state index in [1.165, 1.54) is 28.0 Å². The van der Waals surface area contributed by atoms with Gasteiger partial charge in [-0.25, -0.2) is 4.98 Å². The van der Waals surface area contributed by atoms with Gasteiger partial charge in [-0.3, -0.25) is 15.0 Å². The minimum absolute atomic E-state index is 0.0559. The number of likely N-dealkylation sites (N-methyl/N-ethyl adjacent to an activating group) is 1. The maximum absolute atomic E-state index is 11.0. The van der Waals surface area contributed by atoms with E-state index in [0.717, 1.165) is 36.6 Å². The third-order valence-electron chi connectivity index (χ3n) is 5.13. The number of fused-ring (bicyclic) bond motifs is 1. The molecule has 0 amide bonds. The minimum Gasteiger partial charge on any atom is -0.492 e. The lowest BCUT2D eigenvalue weighted by atomic mass is 10.0. The summed E-state index contributed by atoms with van der Waals surface area (Å²) in [5.41, 5.74) is 0.964. The second kappa shape index (κ2) is 7.46. The Morgan fingerprint density at radius 3 is 2.50 bits per heavy atom. The van der Waals surface area contributed by atoms with Crippen molar-refractivity contribution in [2.45, 2.75) is 19.4 Å². The first-order chi connectivity index (χ1) is 13.5. The van der Waals surface area contributed by atoms with Crippen LogP contribution in [0.15, 0.2) is 24.3 Å². The molecule has 3 heterocycles. The molecule has 1 N–H and O–H groups in total. The lowest BCUT2D eigenvalue weighted by Gasteiger charge is -2.37. The predicted molar refractivity (Wildman–Crippen MR) is 106 cm³/mol. The number of nitrogens with zero attached hydrogens (tertiary/aromatic N) is 6. The zero-order valence-electron chi connectivity index (χ0n) is 15.8. The van der Waals surface area contributed by atoms with E-state index in [0.29, 0.717) is 17.2 Å². The van der Waals surface area contributed by atoms with Crippen molar-refractivity contribution < 1.29 is 10.0 Å². The summed E-state index contributed by atoms with van der Waals surface area (Å²) in [7, 11) is 2.09. The fourth-order valence-electron chi connectivity index (χ4n) is 3.51. The average molecular weight is 402 g/mol. The first-order valence-electron chi connectivity index (χ1n) is 9.22. The maximum atomic E-state index is 11.0. The molecule has 9 nitrogen and oxygen atoms in total. The van der Waals surface area contributed by atoms with Gasteiger partial charge in [0.1, 0.15) is 0 Å². The van der Waals surface area contributed by atoms with Gasteiger partial charge < -0.3 is 10.0 Å². The quantitative estimate of drug-likeness (QED) is 0.516. The SMILES string of the molecule is CCc1nc2sc([C@@H](c3ccc([N+](=O)[O-])cc3)N3CCN(C)CC3)c(O)n2n1. The highest BCUT2D eigenvalue weighted by molar-refractivity contribution is 7.17. The maximum Gasteiger partial charge on any atom is 0.269 e. The van der Waals surface area contributed by atoms with Crippen LogP contribution in [0.5, 0.6) is 5.88 Å². The highest BCUT2D eigenvalue weighted by atomic mass is 32.1. The number of aryl methyl sites for hydroxylation is 1. The number of non-ortho nitro benzene ring substituents is 1. The fourth-order valence-corrected chi connectivity index (χ4v) is 4.64. The Labute approximate surface area is 166 Å². The zero-order valence-corrected chi connectivity index (χ0v) is 16.6. The molecule has 0 saturated carbocycles. The first-order valence-corrected chi connectivity index (χ1v) is 10.0. The molecular weight excluding hydrogens is 380 g/mol. The van der Waals surface area contributed by atoms with Crippen LogP contribution < -0.4 is 0 Å². The van der Waals surface area contributed by atoms with Crippen LogP contribution in [0.2, 0.25) is 0 Å². The molecule has 1 fully saturated rings. The van der Waals surface area contributed by atoms with Crippen LogP contribution in [0.3, 0.4) is 0 Å². The molecule has 1 aromatic carbocycles. The number of aromatic nitrogens is 3. The van der Waals surface area contributed by atoms with Gasteiger partial charge in [0.15, 0.2) is 5.82 Å². The molecule has 0 unspecified atom stereocenters. The van der Waals surface area contributed by atoms with Crippen LogP contribution in [0.25, 0.3) is 4.96 Å². The van der Waals surface area contributed by atoms with Gasteiger partial charge in [-0.05, 0) is 12.6 Å². The average Bonchev–Trinajstić information content (AvgIpc) is 3.23. The predicted octanol–water partition coefficient (Wildman–Crippen LogP) is 2.30. The normalized spacial score (nSPS) is 17.2. The molecule has 1 saturated heterocycles. The second-order valence-corrected chi connectivity index (χ2v) is 7.97. The monoisotopic (exact) mass is 402 g/mol. The van der Waals surface area contributed by atoms with Crippen LogP contribution in [0.1, 0.15) is 29.2 Å². The van der Waals surface area contributed by atoms with E-state index in [-0.39, 0.29) is 17.6 Å². The molecule has 0 spiro atoms. The van der Waals surface area contributed by atoms with Crippen LogP contribution in [-0.2, 0) is 6.42 Å². The topological polar surface area (TPSA) is 100 Å². The molecular formula is C18H22N6O3S. The molecule has 4 rings (SSSR count). The lowest BCUT2D eigenvalue weighted by Crippen LogP contribution is -2.46. The summed E-state index contributed by atoms with van der Waals surface area (Å²) in [6.07, 6.45) is 0.702. The van der Waals surface area contributed by atoms with Crippen molar-refractivity contribution >= 4 is 22.0 Å². The number of hydrogen-bond acceptors (Lipinski definition) is 8. The van der Waals surface area contributed by atoms with E-state index in [2.05, 4.69) is 26.9 Å². The molecule has 1 aliphatic rings. The summed E-state index contributed by atoms with van der Waals surface area (Å²) in [6.45, 7) is 5.49. The Morgan fingerprint density at radius 2 is 1.93 bits per heavy atom. The van der Waals surface area contributed by atoms with Crippen LogP contribution in [-0.4, -0.2) is 67.7 Å². The molecule has 28 heavy (non-hydrogen) atoms. The summed E-state index contributed by atoms with van der Waals surface area (Å²) in [5.74, 6) is 0.786. The van der Waals surface area contributed by atoms with E-state index in [1.54, 1.807) is 12.1 Å². The molecule has 1 aliphatic heterocycles. The third-order valence-corrected chi connectivity index (χ3v) is 6.20. The summed E-state index contributed by atoms with van der Waals surface area (Å²) in [5, 5.41) is 26.3. The molecule has 0 aliphatic carbocycles. The second-order valence-electron chi connectivity index (χ2n) is 6.96. The first kappa shape index (κ1) is 18.8. The Bertz CT molecular complexity index is 991. The number of nitro groups is 1. The molecule has 148 valence electrons. The van der Waals surface area contributed by atoms with E-state index >= 15 is 0 Å². The Balaban J connectivity index is 1.77. The van der Waals surface area contributed by atoms with Crippen molar-refractivity contribution in [3.63, 3.8) is 0 Å². The van der Waals surface area contributed by atoms with E-state index < -0.39 is 4.92 Å². The summed E-state index contributed by atoms with van der Waals surface area (Å²) >= 11 is 1.42. The molecule has 2 aromatic heterocycles. The smallest absolute Gasteiger partial charge is 0.269 e. The number of thiazole rings is 1. The van der Waals surface area contributed by atoms with Crippen molar-refractivity contribution in [3.05, 3.63) is 50.6 Å². The highest BCUT2D eigenvalue weighted by Crippen LogP contribution is 2.40. The van der Waals surface area contributed by atoms with Gasteiger partial charge in [0.25, 0.3) is 5.69 Å². The van der Waals surface area contributed by atoms with Gasteiger partial charge in [-0.15, -0.1) is 5.10 Å². The van der Waals surface area contributed by atoms with E-state index in [4.69, 9.17) is 0 Å². The van der Waals surface area contributed by atoms with Gasteiger partial charge in [0.2, 0.25) is 10.8 Å². The summed E-state index contributed by atoms with van der Waals surface area (Å²) < 4.78 is 1.49. The van der Waals surface area contributed by atoms with Crippen molar-refractivity contribution in [2.24, 2.45) is 0 Å². The molecule has 1 atom stereocenters. The fraction of sp³-hybridized carbons (Fsp3) is 0.444. The van der Waals surface area contributed by atoms with Crippen molar-refractivity contribution in [2.75, 3.05) is 33.2 Å². The number of rotatable bonds is 5. The van der Waals surface area contributed by atoms with Crippen molar-refractivity contribution in [3.8, 4) is 5.88 Å².